The fourth-order valence-electron chi connectivity index (χ4n) is 2.61. The van der Waals surface area contributed by atoms with Gasteiger partial charge in [0.05, 0.1) is 0 Å². The summed E-state index contributed by atoms with van der Waals surface area (Å²) < 4.78 is 0.696. The number of benzene rings is 2. The Kier molecular flexibility index (Phi) is 5.23. The average molecular weight is 353 g/mol. The predicted octanol–water partition coefficient (Wildman–Crippen LogP) is 2.92. The molecule has 0 fully saturated rings. The minimum Gasteiger partial charge on any atom is -0.463 e. The van der Waals surface area contributed by atoms with Gasteiger partial charge in [-0.1, -0.05) is 49.7 Å². The standard InChI is InChI=1S/C18H19N5O3/c1-2-3-12-4-10-15(11-5-12)19-17(24)14-8-6-13(7-9-14)16-20-21-22-23(16)18(25)26/h4-11,17,19,24H,2-3H2,1H3,(H,25,26). The van der Waals surface area contributed by atoms with E-state index in [-0.39, 0.29) is 5.82 Å². The van der Waals surface area contributed by atoms with Crippen LogP contribution < -0.4 is 5.32 Å². The Bertz CT molecular complexity index is 875. The van der Waals surface area contributed by atoms with Gasteiger partial charge in [-0.3, -0.25) is 0 Å². The van der Waals surface area contributed by atoms with Crippen LogP contribution in [0.15, 0.2) is 48.5 Å². The van der Waals surface area contributed by atoms with Crippen molar-refractivity contribution < 1.29 is 15.0 Å². The van der Waals surface area contributed by atoms with Gasteiger partial charge in [0.1, 0.15) is 0 Å². The second kappa shape index (κ2) is 7.75. The first-order valence-corrected chi connectivity index (χ1v) is 8.24. The lowest BCUT2D eigenvalue weighted by atomic mass is 10.1. The van der Waals surface area contributed by atoms with E-state index < -0.39 is 12.3 Å². The van der Waals surface area contributed by atoms with Gasteiger partial charge in [0.2, 0.25) is 0 Å². The SMILES string of the molecule is CCCc1ccc(NC(O)c2ccc(-c3nnnn3C(=O)O)cc2)cc1. The molecule has 0 spiro atoms. The Hall–Kier alpha value is -3.26. The fraction of sp³-hybridized carbons (Fsp3) is 0.222. The van der Waals surface area contributed by atoms with E-state index in [4.69, 9.17) is 5.11 Å². The predicted molar refractivity (Wildman–Crippen MR) is 95.7 cm³/mol. The number of aromatic nitrogens is 4. The van der Waals surface area contributed by atoms with Crippen molar-refractivity contribution in [1.29, 1.82) is 0 Å². The van der Waals surface area contributed by atoms with Gasteiger partial charge in [-0.05, 0) is 34.5 Å². The molecule has 1 atom stereocenters. The highest BCUT2D eigenvalue weighted by atomic mass is 16.4. The fourth-order valence-corrected chi connectivity index (χ4v) is 2.61. The molecule has 1 aromatic heterocycles. The number of rotatable bonds is 6. The summed E-state index contributed by atoms with van der Waals surface area (Å²) in [6, 6.07) is 14.7. The molecule has 3 rings (SSSR count). The minimum absolute atomic E-state index is 0.123. The third kappa shape index (κ3) is 3.86. The van der Waals surface area contributed by atoms with Crippen molar-refractivity contribution in [2.45, 2.75) is 26.0 Å². The quantitative estimate of drug-likeness (QED) is 0.461. The van der Waals surface area contributed by atoms with Gasteiger partial charge in [0.25, 0.3) is 0 Å². The van der Waals surface area contributed by atoms with Crippen LogP contribution in [0.25, 0.3) is 11.4 Å². The molecule has 3 N–H and O–H groups in total. The zero-order valence-electron chi connectivity index (χ0n) is 14.2. The molecular formula is C18H19N5O3. The van der Waals surface area contributed by atoms with Crippen LogP contribution in [0.3, 0.4) is 0 Å². The normalized spacial score (nSPS) is 11.9. The molecule has 3 aromatic rings. The number of nitrogens with zero attached hydrogens (tertiary/aromatic N) is 4. The molecule has 8 heteroatoms. The van der Waals surface area contributed by atoms with Gasteiger partial charge < -0.3 is 15.5 Å². The lowest BCUT2D eigenvalue weighted by Crippen LogP contribution is -2.12. The Morgan fingerprint density at radius 3 is 2.46 bits per heavy atom. The maximum Gasteiger partial charge on any atom is 0.435 e. The summed E-state index contributed by atoms with van der Waals surface area (Å²) in [5.41, 5.74) is 3.25. The molecule has 26 heavy (non-hydrogen) atoms. The molecular weight excluding hydrogens is 334 g/mol. The van der Waals surface area contributed by atoms with Crippen LogP contribution >= 0.6 is 0 Å². The third-order valence-corrected chi connectivity index (χ3v) is 3.93. The summed E-state index contributed by atoms with van der Waals surface area (Å²) in [7, 11) is 0. The highest BCUT2D eigenvalue weighted by molar-refractivity contribution is 5.73. The molecule has 2 aromatic carbocycles. The number of aliphatic hydroxyl groups is 1. The molecule has 0 aliphatic heterocycles. The molecule has 0 aliphatic rings. The molecule has 0 radical (unpaired) electrons. The van der Waals surface area contributed by atoms with Crippen LogP contribution in [-0.4, -0.2) is 36.5 Å². The molecule has 8 nitrogen and oxygen atoms in total. The molecule has 0 aliphatic carbocycles. The number of hydrogen-bond donors (Lipinski definition) is 3. The van der Waals surface area contributed by atoms with Crippen molar-refractivity contribution in [3.63, 3.8) is 0 Å². The highest BCUT2D eigenvalue weighted by Crippen LogP contribution is 2.22. The van der Waals surface area contributed by atoms with Gasteiger partial charge in [-0.15, -0.1) is 9.78 Å². The van der Waals surface area contributed by atoms with Crippen LogP contribution in [0.2, 0.25) is 0 Å². The van der Waals surface area contributed by atoms with Crippen molar-refractivity contribution in [3.8, 4) is 11.4 Å². The number of aliphatic hydroxyl groups excluding tert-OH is 1. The lowest BCUT2D eigenvalue weighted by Gasteiger charge is -2.15. The van der Waals surface area contributed by atoms with Gasteiger partial charge in [0, 0.05) is 16.8 Å². The Morgan fingerprint density at radius 2 is 1.85 bits per heavy atom. The number of nitrogens with one attached hydrogen (secondary N) is 1. The van der Waals surface area contributed by atoms with E-state index in [2.05, 4.69) is 27.8 Å². The summed E-state index contributed by atoms with van der Waals surface area (Å²) in [5.74, 6) is 0.123. The molecule has 0 bridgehead atoms. The number of hydrogen-bond acceptors (Lipinski definition) is 6. The zero-order chi connectivity index (χ0) is 18.5. The monoisotopic (exact) mass is 353 g/mol. The minimum atomic E-state index is -1.26. The number of tetrazole rings is 1. The van der Waals surface area contributed by atoms with Gasteiger partial charge in [-0.25, -0.2) is 4.79 Å². The smallest absolute Gasteiger partial charge is 0.435 e. The Balaban J connectivity index is 1.71. The van der Waals surface area contributed by atoms with E-state index in [0.29, 0.717) is 15.8 Å². The lowest BCUT2D eigenvalue weighted by molar-refractivity contribution is 0.192. The molecule has 0 saturated carbocycles. The molecule has 1 heterocycles. The van der Waals surface area contributed by atoms with Crippen LogP contribution in [0.5, 0.6) is 0 Å². The maximum atomic E-state index is 11.1. The van der Waals surface area contributed by atoms with E-state index in [9.17, 15) is 9.90 Å². The van der Waals surface area contributed by atoms with Crippen LogP contribution in [0.4, 0.5) is 10.5 Å². The number of carboxylic acid groups (broad SMARTS) is 1. The third-order valence-electron chi connectivity index (χ3n) is 3.93. The molecule has 0 saturated heterocycles. The van der Waals surface area contributed by atoms with Gasteiger partial charge >= 0.3 is 6.09 Å². The molecule has 134 valence electrons. The number of aryl methyl sites for hydroxylation is 1. The Labute approximate surface area is 150 Å². The Morgan fingerprint density at radius 1 is 1.15 bits per heavy atom. The summed E-state index contributed by atoms with van der Waals surface area (Å²) >= 11 is 0. The van der Waals surface area contributed by atoms with Gasteiger partial charge in [-0.2, -0.15) is 0 Å². The van der Waals surface area contributed by atoms with E-state index in [1.807, 2.05) is 24.3 Å². The largest absolute Gasteiger partial charge is 0.463 e. The van der Waals surface area contributed by atoms with Crippen molar-refractivity contribution in [2.24, 2.45) is 0 Å². The highest BCUT2D eigenvalue weighted by Gasteiger charge is 2.15. The summed E-state index contributed by atoms with van der Waals surface area (Å²) in [4.78, 5) is 11.1. The van der Waals surface area contributed by atoms with Crippen molar-refractivity contribution >= 4 is 11.8 Å². The average Bonchev–Trinajstić information content (AvgIpc) is 3.14. The van der Waals surface area contributed by atoms with Crippen molar-refractivity contribution in [1.82, 2.24) is 20.2 Å². The second-order valence-electron chi connectivity index (χ2n) is 5.81. The molecule has 0 amide bonds. The maximum absolute atomic E-state index is 11.1. The van der Waals surface area contributed by atoms with E-state index in [0.717, 1.165) is 18.5 Å². The first-order valence-electron chi connectivity index (χ1n) is 8.24. The number of carbonyl (C=O) groups is 1. The van der Waals surface area contributed by atoms with E-state index in [1.165, 1.54) is 5.56 Å². The second-order valence-corrected chi connectivity index (χ2v) is 5.81. The van der Waals surface area contributed by atoms with Crippen LogP contribution in [0.1, 0.15) is 30.7 Å². The summed E-state index contributed by atoms with van der Waals surface area (Å²) in [6.45, 7) is 2.13. The van der Waals surface area contributed by atoms with E-state index in [1.54, 1.807) is 24.3 Å². The van der Waals surface area contributed by atoms with Gasteiger partial charge in [0.15, 0.2) is 12.1 Å². The first kappa shape index (κ1) is 17.6. The van der Waals surface area contributed by atoms with Crippen LogP contribution in [0, 0.1) is 0 Å². The van der Waals surface area contributed by atoms with Crippen molar-refractivity contribution in [2.75, 3.05) is 5.32 Å². The van der Waals surface area contributed by atoms with Crippen LogP contribution in [-0.2, 0) is 6.42 Å². The molecule has 1 unspecified atom stereocenters. The van der Waals surface area contributed by atoms with E-state index >= 15 is 0 Å². The van der Waals surface area contributed by atoms with Crippen molar-refractivity contribution in [3.05, 3.63) is 59.7 Å². The topological polar surface area (TPSA) is 113 Å². The number of anilines is 1. The summed E-state index contributed by atoms with van der Waals surface area (Å²) in [6.07, 6.45) is -0.0358. The first-order chi connectivity index (χ1) is 12.6. The summed E-state index contributed by atoms with van der Waals surface area (Å²) in [5, 5.41) is 32.9. The zero-order valence-corrected chi connectivity index (χ0v) is 14.2.